The lowest BCUT2D eigenvalue weighted by Crippen LogP contribution is -2.24. The fourth-order valence-corrected chi connectivity index (χ4v) is 3.65. The highest BCUT2D eigenvalue weighted by Gasteiger charge is 2.15. The van der Waals surface area contributed by atoms with Crippen LogP contribution in [-0.2, 0) is 13.1 Å². The number of imidazole rings is 1. The van der Waals surface area contributed by atoms with Crippen LogP contribution in [0.15, 0.2) is 72.8 Å². The first-order valence-electron chi connectivity index (χ1n) is 8.84. The standard InChI is InChI=1S/C22H17Cl2N3O/c23-17-9-6-10-18(24)16(17)14-27-20-12-5-4-11-19(20)26-21(27)13-25-22(28)15-7-2-1-3-8-15/h1-12H,13-14H2,(H,25,28). The zero-order chi connectivity index (χ0) is 19.5. The normalized spacial score (nSPS) is 10.9. The van der Waals surface area contributed by atoms with Gasteiger partial charge >= 0.3 is 0 Å². The fraction of sp³-hybridized carbons (Fsp3) is 0.0909. The average Bonchev–Trinajstić information content (AvgIpc) is 3.07. The van der Waals surface area contributed by atoms with Crippen LogP contribution in [0.25, 0.3) is 11.0 Å². The molecule has 0 fully saturated rings. The Bertz CT molecular complexity index is 1120. The van der Waals surface area contributed by atoms with E-state index in [0.717, 1.165) is 22.4 Å². The second-order valence-electron chi connectivity index (χ2n) is 6.35. The third-order valence-corrected chi connectivity index (χ3v) is 5.26. The van der Waals surface area contributed by atoms with E-state index in [0.29, 0.717) is 28.7 Å². The van der Waals surface area contributed by atoms with Crippen LogP contribution in [0, 0.1) is 0 Å². The Balaban J connectivity index is 1.67. The molecular formula is C22H17Cl2N3O. The van der Waals surface area contributed by atoms with Gasteiger partial charge in [0, 0.05) is 21.2 Å². The summed E-state index contributed by atoms with van der Waals surface area (Å²) in [6.45, 7) is 0.764. The van der Waals surface area contributed by atoms with Gasteiger partial charge in [-0.1, -0.05) is 59.6 Å². The van der Waals surface area contributed by atoms with Gasteiger partial charge < -0.3 is 9.88 Å². The summed E-state index contributed by atoms with van der Waals surface area (Å²) < 4.78 is 2.04. The Morgan fingerprint density at radius 1 is 0.893 bits per heavy atom. The molecule has 0 saturated heterocycles. The van der Waals surface area contributed by atoms with E-state index in [1.807, 2.05) is 65.2 Å². The van der Waals surface area contributed by atoms with Crippen LogP contribution in [0.2, 0.25) is 10.0 Å². The molecule has 1 N–H and O–H groups in total. The number of halogens is 2. The van der Waals surface area contributed by atoms with Crippen molar-refractivity contribution in [1.82, 2.24) is 14.9 Å². The maximum atomic E-state index is 12.4. The summed E-state index contributed by atoms with van der Waals surface area (Å²) >= 11 is 12.7. The van der Waals surface area contributed by atoms with Gasteiger partial charge in [0.25, 0.3) is 5.91 Å². The zero-order valence-corrected chi connectivity index (χ0v) is 16.4. The van der Waals surface area contributed by atoms with Crippen LogP contribution in [0.5, 0.6) is 0 Å². The number of aromatic nitrogens is 2. The predicted octanol–water partition coefficient (Wildman–Crippen LogP) is 5.32. The lowest BCUT2D eigenvalue weighted by Gasteiger charge is -2.13. The number of fused-ring (bicyclic) bond motifs is 1. The van der Waals surface area contributed by atoms with E-state index in [4.69, 9.17) is 28.2 Å². The summed E-state index contributed by atoms with van der Waals surface area (Å²) in [4.78, 5) is 17.1. The molecule has 4 nitrogen and oxygen atoms in total. The number of rotatable bonds is 5. The number of carbonyl (C=O) groups excluding carboxylic acids is 1. The van der Waals surface area contributed by atoms with Crippen molar-refractivity contribution < 1.29 is 4.79 Å². The Morgan fingerprint density at radius 2 is 1.57 bits per heavy atom. The Hall–Kier alpha value is -2.82. The van der Waals surface area contributed by atoms with Crippen molar-refractivity contribution in [1.29, 1.82) is 0 Å². The number of amides is 1. The van der Waals surface area contributed by atoms with Crippen molar-refractivity contribution in [2.45, 2.75) is 13.1 Å². The summed E-state index contributed by atoms with van der Waals surface area (Å²) in [5.74, 6) is 0.594. The molecule has 4 rings (SSSR count). The largest absolute Gasteiger partial charge is 0.345 e. The number of carbonyl (C=O) groups is 1. The Kier molecular flexibility index (Phi) is 5.33. The quantitative estimate of drug-likeness (QED) is 0.484. The van der Waals surface area contributed by atoms with Gasteiger partial charge in [-0.25, -0.2) is 4.98 Å². The van der Waals surface area contributed by atoms with E-state index in [1.165, 1.54) is 0 Å². The van der Waals surface area contributed by atoms with Crippen molar-refractivity contribution in [3.63, 3.8) is 0 Å². The van der Waals surface area contributed by atoms with Crippen molar-refractivity contribution >= 4 is 40.1 Å². The number of hydrogen-bond acceptors (Lipinski definition) is 2. The molecule has 0 aliphatic rings. The third kappa shape index (κ3) is 3.75. The van der Waals surface area contributed by atoms with Crippen LogP contribution in [-0.4, -0.2) is 15.5 Å². The molecule has 0 saturated carbocycles. The highest BCUT2D eigenvalue weighted by atomic mass is 35.5. The van der Waals surface area contributed by atoms with Crippen LogP contribution in [0.4, 0.5) is 0 Å². The van der Waals surface area contributed by atoms with E-state index in [-0.39, 0.29) is 5.91 Å². The van der Waals surface area contributed by atoms with E-state index in [2.05, 4.69) is 5.32 Å². The van der Waals surface area contributed by atoms with Crippen molar-refractivity contribution in [2.24, 2.45) is 0 Å². The summed E-state index contributed by atoms with van der Waals surface area (Å²) in [5.41, 5.74) is 3.25. The second kappa shape index (κ2) is 8.05. The average molecular weight is 410 g/mol. The predicted molar refractivity (Wildman–Crippen MR) is 113 cm³/mol. The van der Waals surface area contributed by atoms with Gasteiger partial charge in [-0.15, -0.1) is 0 Å². The number of benzene rings is 3. The summed E-state index contributed by atoms with van der Waals surface area (Å²) in [7, 11) is 0. The lowest BCUT2D eigenvalue weighted by molar-refractivity contribution is 0.0949. The molecule has 0 unspecified atom stereocenters. The number of para-hydroxylation sites is 2. The number of hydrogen-bond donors (Lipinski definition) is 1. The second-order valence-corrected chi connectivity index (χ2v) is 7.17. The Labute approximate surface area is 172 Å². The van der Waals surface area contributed by atoms with Gasteiger partial charge in [0.05, 0.1) is 24.1 Å². The maximum absolute atomic E-state index is 12.4. The van der Waals surface area contributed by atoms with Crippen molar-refractivity contribution in [3.05, 3.63) is 99.8 Å². The molecule has 0 aliphatic carbocycles. The molecule has 0 radical (unpaired) electrons. The minimum Gasteiger partial charge on any atom is -0.345 e. The molecule has 4 aromatic rings. The maximum Gasteiger partial charge on any atom is 0.251 e. The number of nitrogens with one attached hydrogen (secondary N) is 1. The van der Waals surface area contributed by atoms with Crippen LogP contribution >= 0.6 is 23.2 Å². The van der Waals surface area contributed by atoms with Gasteiger partial charge in [0.15, 0.2) is 0 Å². The summed E-state index contributed by atoms with van der Waals surface area (Å²) in [5, 5.41) is 4.15. The van der Waals surface area contributed by atoms with Gasteiger partial charge in [-0.2, -0.15) is 0 Å². The first-order chi connectivity index (χ1) is 13.6. The molecule has 140 valence electrons. The molecule has 0 bridgehead atoms. The molecule has 0 spiro atoms. The minimum atomic E-state index is -0.144. The molecule has 6 heteroatoms. The van der Waals surface area contributed by atoms with E-state index in [1.54, 1.807) is 12.1 Å². The van der Waals surface area contributed by atoms with Crippen LogP contribution in [0.3, 0.4) is 0 Å². The van der Waals surface area contributed by atoms with E-state index < -0.39 is 0 Å². The summed E-state index contributed by atoms with van der Waals surface area (Å²) in [6, 6.07) is 22.4. The molecule has 1 heterocycles. The summed E-state index contributed by atoms with van der Waals surface area (Å²) in [6.07, 6.45) is 0. The molecule has 1 amide bonds. The van der Waals surface area contributed by atoms with Gasteiger partial charge in [-0.3, -0.25) is 4.79 Å². The highest BCUT2D eigenvalue weighted by Crippen LogP contribution is 2.27. The van der Waals surface area contributed by atoms with E-state index >= 15 is 0 Å². The number of nitrogens with zero attached hydrogens (tertiary/aromatic N) is 2. The SMILES string of the molecule is O=C(NCc1nc2ccccc2n1Cc1c(Cl)cccc1Cl)c1ccccc1. The Morgan fingerprint density at radius 3 is 2.32 bits per heavy atom. The van der Waals surface area contributed by atoms with E-state index in [9.17, 15) is 4.79 Å². The zero-order valence-electron chi connectivity index (χ0n) is 14.9. The molecule has 28 heavy (non-hydrogen) atoms. The molecule has 3 aromatic carbocycles. The lowest BCUT2D eigenvalue weighted by atomic mass is 10.2. The van der Waals surface area contributed by atoms with Crippen molar-refractivity contribution in [2.75, 3.05) is 0 Å². The first-order valence-corrected chi connectivity index (χ1v) is 9.59. The first kappa shape index (κ1) is 18.5. The molecular weight excluding hydrogens is 393 g/mol. The third-order valence-electron chi connectivity index (χ3n) is 4.55. The van der Waals surface area contributed by atoms with Crippen LogP contribution in [0.1, 0.15) is 21.7 Å². The monoisotopic (exact) mass is 409 g/mol. The molecule has 0 atom stereocenters. The van der Waals surface area contributed by atoms with Gasteiger partial charge in [0.2, 0.25) is 0 Å². The van der Waals surface area contributed by atoms with Gasteiger partial charge in [-0.05, 0) is 36.4 Å². The smallest absolute Gasteiger partial charge is 0.251 e. The topological polar surface area (TPSA) is 46.9 Å². The minimum absolute atomic E-state index is 0.144. The van der Waals surface area contributed by atoms with Gasteiger partial charge in [0.1, 0.15) is 5.82 Å². The molecule has 1 aromatic heterocycles. The molecule has 0 aliphatic heterocycles. The van der Waals surface area contributed by atoms with Crippen molar-refractivity contribution in [3.8, 4) is 0 Å². The fourth-order valence-electron chi connectivity index (χ4n) is 3.13. The highest BCUT2D eigenvalue weighted by molar-refractivity contribution is 6.36. The van der Waals surface area contributed by atoms with Crippen LogP contribution < -0.4 is 5.32 Å².